The summed E-state index contributed by atoms with van der Waals surface area (Å²) in [4.78, 5) is 13.0. The van der Waals surface area contributed by atoms with Crippen molar-refractivity contribution in [1.82, 2.24) is 10.2 Å². The highest BCUT2D eigenvalue weighted by Gasteiger charge is 2.11. The molecule has 1 N–H and O–H groups in total. The van der Waals surface area contributed by atoms with Crippen LogP contribution in [0.5, 0.6) is 0 Å². The van der Waals surface area contributed by atoms with Gasteiger partial charge in [-0.25, -0.2) is 0 Å². The third-order valence-electron chi connectivity index (χ3n) is 4.06. The Hall–Kier alpha value is -3.32. The number of benzene rings is 2. The summed E-state index contributed by atoms with van der Waals surface area (Å²) in [5, 5.41) is 11.1. The molecule has 2 aromatic heterocycles. The molecule has 0 bridgehead atoms. The Bertz CT molecular complexity index is 1070. The highest BCUT2D eigenvalue weighted by atomic mass is 32.2. The van der Waals surface area contributed by atoms with Crippen LogP contribution < -0.4 is 5.32 Å². The topological polar surface area (TPSA) is 81.2 Å². The molecule has 0 fully saturated rings. The summed E-state index contributed by atoms with van der Waals surface area (Å²) in [6.45, 7) is 2.01. The van der Waals surface area contributed by atoms with Crippen molar-refractivity contribution in [3.63, 3.8) is 0 Å². The first-order valence-corrected chi connectivity index (χ1v) is 9.64. The predicted octanol–water partition coefficient (Wildman–Crippen LogP) is 5.18. The third kappa shape index (κ3) is 4.15. The Balaban J connectivity index is 1.35. The van der Waals surface area contributed by atoms with Gasteiger partial charge in [-0.3, -0.25) is 4.79 Å². The van der Waals surface area contributed by atoms with Gasteiger partial charge >= 0.3 is 0 Å². The average Bonchev–Trinajstić information content (AvgIpc) is 3.40. The first-order valence-electron chi connectivity index (χ1n) is 8.65. The summed E-state index contributed by atoms with van der Waals surface area (Å²) >= 11 is 1.58. The van der Waals surface area contributed by atoms with Crippen LogP contribution in [0.15, 0.2) is 80.7 Å². The van der Waals surface area contributed by atoms with Gasteiger partial charge < -0.3 is 14.2 Å². The minimum absolute atomic E-state index is 0.277. The van der Waals surface area contributed by atoms with Gasteiger partial charge in [-0.15, -0.1) is 22.0 Å². The monoisotopic (exact) mass is 391 g/mol. The van der Waals surface area contributed by atoms with Crippen LogP contribution in [-0.2, 0) is 5.75 Å². The zero-order valence-electron chi connectivity index (χ0n) is 15.1. The lowest BCUT2D eigenvalue weighted by Crippen LogP contribution is -2.10. The zero-order valence-corrected chi connectivity index (χ0v) is 15.9. The van der Waals surface area contributed by atoms with E-state index in [-0.39, 0.29) is 11.7 Å². The maximum absolute atomic E-state index is 12.0. The number of nitrogens with zero attached hydrogens (tertiary/aromatic N) is 2. The summed E-state index contributed by atoms with van der Waals surface area (Å²) in [6, 6.07) is 18.8. The second kappa shape index (κ2) is 8.14. The normalized spacial score (nSPS) is 10.8. The average molecular weight is 391 g/mol. The largest absolute Gasteiger partial charge is 0.459 e. The molecule has 2 aromatic carbocycles. The highest BCUT2D eigenvalue weighted by molar-refractivity contribution is 7.98. The van der Waals surface area contributed by atoms with E-state index in [2.05, 4.69) is 15.5 Å². The number of nitrogens with one attached hydrogen (secondary N) is 1. The van der Waals surface area contributed by atoms with E-state index in [9.17, 15) is 4.79 Å². The number of carbonyl (C=O) groups excluding carboxylic acids is 1. The fourth-order valence-electron chi connectivity index (χ4n) is 2.61. The number of rotatable bonds is 6. The number of thioether (sulfide) groups is 1. The van der Waals surface area contributed by atoms with E-state index in [4.69, 9.17) is 8.83 Å². The summed E-state index contributed by atoms with van der Waals surface area (Å²) in [7, 11) is 0. The molecule has 0 aliphatic carbocycles. The minimum atomic E-state index is -0.278. The lowest BCUT2D eigenvalue weighted by molar-refractivity contribution is 0.0996. The molecule has 0 unspecified atom stereocenters. The lowest BCUT2D eigenvalue weighted by atomic mass is 10.1. The number of hydrogen-bond acceptors (Lipinski definition) is 6. The van der Waals surface area contributed by atoms with Crippen LogP contribution in [0.25, 0.3) is 11.5 Å². The Morgan fingerprint density at radius 1 is 1.04 bits per heavy atom. The van der Waals surface area contributed by atoms with Crippen LogP contribution in [0.1, 0.15) is 22.0 Å². The number of carbonyl (C=O) groups is 1. The lowest BCUT2D eigenvalue weighted by Gasteiger charge is -2.04. The molecule has 140 valence electrons. The number of furan rings is 1. The van der Waals surface area contributed by atoms with E-state index in [1.807, 2.05) is 55.5 Å². The molecule has 0 aliphatic heterocycles. The van der Waals surface area contributed by atoms with Gasteiger partial charge in [0.2, 0.25) is 11.8 Å². The molecule has 4 aromatic rings. The van der Waals surface area contributed by atoms with Crippen LogP contribution in [0.4, 0.5) is 5.69 Å². The summed E-state index contributed by atoms with van der Waals surface area (Å²) < 4.78 is 10.9. The molecule has 0 aliphatic rings. The van der Waals surface area contributed by atoms with Gasteiger partial charge in [-0.2, -0.15) is 0 Å². The van der Waals surface area contributed by atoms with Crippen molar-refractivity contribution in [3.8, 4) is 11.5 Å². The summed E-state index contributed by atoms with van der Waals surface area (Å²) in [5.74, 6) is 1.67. The molecular formula is C21H17N3O3S. The van der Waals surface area contributed by atoms with Crippen LogP contribution in [0, 0.1) is 6.92 Å². The van der Waals surface area contributed by atoms with Gasteiger partial charge in [0, 0.05) is 16.1 Å². The highest BCUT2D eigenvalue weighted by Crippen LogP contribution is 2.26. The molecule has 4 rings (SSSR count). The molecule has 7 heteroatoms. The van der Waals surface area contributed by atoms with Gasteiger partial charge in [0.05, 0.1) is 12.0 Å². The molecule has 6 nitrogen and oxygen atoms in total. The standard InChI is InChI=1S/C21H17N3O3S/c1-14-5-2-3-6-17(14)21-24-23-19(27-21)13-28-16-10-8-15(9-11-16)22-20(25)18-7-4-12-26-18/h2-12H,13H2,1H3,(H,22,25). The fraction of sp³-hybridized carbons (Fsp3) is 0.0952. The third-order valence-corrected chi connectivity index (χ3v) is 5.06. The number of anilines is 1. The zero-order chi connectivity index (χ0) is 19.3. The van der Waals surface area contributed by atoms with Crippen LogP contribution in [0.2, 0.25) is 0 Å². The number of amides is 1. The molecule has 28 heavy (non-hydrogen) atoms. The predicted molar refractivity (Wildman–Crippen MR) is 107 cm³/mol. The molecule has 0 saturated heterocycles. The van der Waals surface area contributed by atoms with Crippen LogP contribution in [-0.4, -0.2) is 16.1 Å². The van der Waals surface area contributed by atoms with Crippen molar-refractivity contribution in [2.24, 2.45) is 0 Å². The summed E-state index contributed by atoms with van der Waals surface area (Å²) in [5.41, 5.74) is 2.74. The SMILES string of the molecule is Cc1ccccc1-c1nnc(CSc2ccc(NC(=O)c3ccco3)cc2)o1. The van der Waals surface area contributed by atoms with Crippen molar-refractivity contribution in [3.05, 3.63) is 84.1 Å². The maximum Gasteiger partial charge on any atom is 0.291 e. The molecule has 0 radical (unpaired) electrons. The van der Waals surface area contributed by atoms with Crippen molar-refractivity contribution in [2.75, 3.05) is 5.32 Å². The first-order chi connectivity index (χ1) is 13.7. The van der Waals surface area contributed by atoms with E-state index in [1.54, 1.807) is 23.9 Å². The Morgan fingerprint density at radius 2 is 1.86 bits per heavy atom. The fourth-order valence-corrected chi connectivity index (χ4v) is 3.35. The summed E-state index contributed by atoms with van der Waals surface area (Å²) in [6.07, 6.45) is 1.47. The number of hydrogen-bond donors (Lipinski definition) is 1. The molecule has 0 atom stereocenters. The number of aryl methyl sites for hydroxylation is 1. The van der Waals surface area contributed by atoms with Gasteiger partial charge in [0.15, 0.2) is 5.76 Å². The van der Waals surface area contributed by atoms with Gasteiger partial charge in [-0.1, -0.05) is 18.2 Å². The van der Waals surface area contributed by atoms with Crippen LogP contribution in [0.3, 0.4) is 0 Å². The van der Waals surface area contributed by atoms with E-state index >= 15 is 0 Å². The molecule has 0 spiro atoms. The van der Waals surface area contributed by atoms with Gasteiger partial charge in [0.1, 0.15) is 0 Å². The van der Waals surface area contributed by atoms with Gasteiger partial charge in [0.25, 0.3) is 5.91 Å². The molecular weight excluding hydrogens is 374 g/mol. The minimum Gasteiger partial charge on any atom is -0.459 e. The Morgan fingerprint density at radius 3 is 2.61 bits per heavy atom. The van der Waals surface area contributed by atoms with E-state index in [0.29, 0.717) is 23.2 Å². The quantitative estimate of drug-likeness (QED) is 0.456. The van der Waals surface area contributed by atoms with E-state index in [1.165, 1.54) is 6.26 Å². The van der Waals surface area contributed by atoms with Crippen molar-refractivity contribution in [1.29, 1.82) is 0 Å². The van der Waals surface area contributed by atoms with E-state index < -0.39 is 0 Å². The maximum atomic E-state index is 12.0. The van der Waals surface area contributed by atoms with Crippen molar-refractivity contribution in [2.45, 2.75) is 17.6 Å². The Kier molecular flexibility index (Phi) is 5.25. The van der Waals surface area contributed by atoms with Crippen molar-refractivity contribution < 1.29 is 13.6 Å². The second-order valence-electron chi connectivity index (χ2n) is 6.06. The second-order valence-corrected chi connectivity index (χ2v) is 7.11. The van der Waals surface area contributed by atoms with E-state index in [0.717, 1.165) is 16.0 Å². The molecule has 2 heterocycles. The first kappa shape index (κ1) is 18.1. The van der Waals surface area contributed by atoms with Crippen LogP contribution >= 0.6 is 11.8 Å². The van der Waals surface area contributed by atoms with Gasteiger partial charge in [-0.05, 0) is 55.0 Å². The molecule has 0 saturated carbocycles. The van der Waals surface area contributed by atoms with Crippen molar-refractivity contribution >= 4 is 23.4 Å². The number of aromatic nitrogens is 2. The molecule has 1 amide bonds. The Labute approximate surface area is 166 Å². The smallest absolute Gasteiger partial charge is 0.291 e.